The molecule has 1 fully saturated rings. The third-order valence-electron chi connectivity index (χ3n) is 3.83. The molecule has 1 aliphatic carbocycles. The first-order valence-electron chi connectivity index (χ1n) is 6.56. The van der Waals surface area contributed by atoms with Crippen molar-refractivity contribution in [3.63, 3.8) is 0 Å². The SMILES string of the molecule is N#CC1C(C(=O)c2ccc(Br)cc2)C1c1cccc(Cl)c1. The lowest BCUT2D eigenvalue weighted by Crippen LogP contribution is -2.04. The Kier molecular flexibility index (Phi) is 3.84. The summed E-state index contributed by atoms with van der Waals surface area (Å²) in [5.41, 5.74) is 1.61. The number of ketones is 1. The number of halogens is 2. The fourth-order valence-corrected chi connectivity index (χ4v) is 3.20. The molecule has 1 saturated carbocycles. The van der Waals surface area contributed by atoms with Gasteiger partial charge in [0.2, 0.25) is 0 Å². The molecule has 2 aromatic carbocycles. The Labute approximate surface area is 136 Å². The van der Waals surface area contributed by atoms with Crippen LogP contribution in [0.25, 0.3) is 0 Å². The molecule has 0 bridgehead atoms. The van der Waals surface area contributed by atoms with Crippen LogP contribution in [0.1, 0.15) is 21.8 Å². The fourth-order valence-electron chi connectivity index (χ4n) is 2.73. The van der Waals surface area contributed by atoms with Crippen molar-refractivity contribution in [2.24, 2.45) is 11.8 Å². The summed E-state index contributed by atoms with van der Waals surface area (Å²) < 4.78 is 0.929. The van der Waals surface area contributed by atoms with E-state index < -0.39 is 0 Å². The summed E-state index contributed by atoms with van der Waals surface area (Å²) in [4.78, 5) is 12.6. The molecular weight excluding hydrogens is 350 g/mol. The second-order valence-electron chi connectivity index (χ2n) is 5.13. The maximum absolute atomic E-state index is 12.6. The summed E-state index contributed by atoms with van der Waals surface area (Å²) in [6.07, 6.45) is 0. The summed E-state index contributed by atoms with van der Waals surface area (Å²) >= 11 is 9.35. The Morgan fingerprint density at radius 1 is 1.19 bits per heavy atom. The number of Topliss-reactive ketones (excluding diaryl/α,β-unsaturated/α-hetero) is 1. The normalized spacial score (nSPS) is 23.4. The van der Waals surface area contributed by atoms with Gasteiger partial charge in [-0.25, -0.2) is 0 Å². The van der Waals surface area contributed by atoms with Crippen molar-refractivity contribution in [2.45, 2.75) is 5.92 Å². The highest BCUT2D eigenvalue weighted by Crippen LogP contribution is 2.55. The van der Waals surface area contributed by atoms with E-state index in [2.05, 4.69) is 22.0 Å². The van der Waals surface area contributed by atoms with E-state index in [9.17, 15) is 10.1 Å². The summed E-state index contributed by atoms with van der Waals surface area (Å²) in [7, 11) is 0. The molecule has 104 valence electrons. The van der Waals surface area contributed by atoms with Crippen molar-refractivity contribution < 1.29 is 4.79 Å². The lowest BCUT2D eigenvalue weighted by Gasteiger charge is -2.02. The van der Waals surface area contributed by atoms with Crippen LogP contribution >= 0.6 is 27.5 Å². The predicted molar refractivity (Wildman–Crippen MR) is 85.3 cm³/mol. The fraction of sp³-hybridized carbons (Fsp3) is 0.176. The number of rotatable bonds is 3. The minimum absolute atomic E-state index is 0.0269. The number of carbonyl (C=O) groups excluding carboxylic acids is 1. The standard InChI is InChI=1S/C17H11BrClNO/c18-12-6-4-10(5-7-12)17(21)16-14(9-20)15(16)11-2-1-3-13(19)8-11/h1-8,14-16H. The first-order valence-corrected chi connectivity index (χ1v) is 7.74. The van der Waals surface area contributed by atoms with Crippen LogP contribution in [0.5, 0.6) is 0 Å². The molecule has 2 aromatic rings. The van der Waals surface area contributed by atoms with Gasteiger partial charge in [0.15, 0.2) is 5.78 Å². The van der Waals surface area contributed by atoms with Crippen LogP contribution < -0.4 is 0 Å². The van der Waals surface area contributed by atoms with Gasteiger partial charge in [0.05, 0.1) is 12.0 Å². The predicted octanol–water partition coefficient (Wildman–Crippen LogP) is 4.84. The monoisotopic (exact) mass is 359 g/mol. The van der Waals surface area contributed by atoms with Gasteiger partial charge in [0.25, 0.3) is 0 Å². The molecule has 0 N–H and O–H groups in total. The quantitative estimate of drug-likeness (QED) is 0.735. The number of hydrogen-bond donors (Lipinski definition) is 0. The third-order valence-corrected chi connectivity index (χ3v) is 4.60. The Morgan fingerprint density at radius 2 is 1.90 bits per heavy atom. The zero-order valence-corrected chi connectivity index (χ0v) is 13.3. The number of benzene rings is 2. The van der Waals surface area contributed by atoms with Gasteiger partial charge < -0.3 is 0 Å². The number of nitrogens with zero attached hydrogens (tertiary/aromatic N) is 1. The molecule has 4 heteroatoms. The van der Waals surface area contributed by atoms with Crippen LogP contribution in [0.2, 0.25) is 5.02 Å². The zero-order valence-electron chi connectivity index (χ0n) is 11.0. The number of carbonyl (C=O) groups is 1. The lowest BCUT2D eigenvalue weighted by atomic mass is 10.0. The molecule has 1 aliphatic rings. The average molecular weight is 361 g/mol. The molecule has 0 amide bonds. The van der Waals surface area contributed by atoms with E-state index in [0.29, 0.717) is 10.6 Å². The molecule has 0 aliphatic heterocycles. The Hall–Kier alpha value is -1.63. The van der Waals surface area contributed by atoms with E-state index in [1.807, 2.05) is 30.3 Å². The third kappa shape index (κ3) is 2.74. The largest absolute Gasteiger partial charge is 0.294 e. The van der Waals surface area contributed by atoms with Crippen molar-refractivity contribution in [3.05, 3.63) is 69.2 Å². The van der Waals surface area contributed by atoms with Gasteiger partial charge in [0.1, 0.15) is 0 Å². The van der Waals surface area contributed by atoms with Crippen molar-refractivity contribution >= 4 is 33.3 Å². The van der Waals surface area contributed by atoms with Crippen molar-refractivity contribution in [3.8, 4) is 6.07 Å². The zero-order chi connectivity index (χ0) is 15.0. The second-order valence-corrected chi connectivity index (χ2v) is 6.48. The highest BCUT2D eigenvalue weighted by atomic mass is 79.9. The highest BCUT2D eigenvalue weighted by molar-refractivity contribution is 9.10. The van der Waals surface area contributed by atoms with Gasteiger partial charge in [-0.2, -0.15) is 5.26 Å². The minimum atomic E-state index is -0.269. The molecule has 0 spiro atoms. The van der Waals surface area contributed by atoms with Crippen LogP contribution in [0.3, 0.4) is 0 Å². The molecule has 3 atom stereocenters. The summed E-state index contributed by atoms with van der Waals surface area (Å²) in [5.74, 6) is -0.557. The summed E-state index contributed by atoms with van der Waals surface area (Å²) in [6, 6.07) is 16.9. The Bertz CT molecular complexity index is 735. The molecular formula is C17H11BrClNO. The van der Waals surface area contributed by atoms with E-state index in [1.165, 1.54) is 0 Å². The smallest absolute Gasteiger partial charge is 0.167 e. The summed E-state index contributed by atoms with van der Waals surface area (Å²) in [6.45, 7) is 0. The van der Waals surface area contributed by atoms with E-state index in [4.69, 9.17) is 11.6 Å². The average Bonchev–Trinajstić information content (AvgIpc) is 3.21. The molecule has 0 heterocycles. The number of hydrogen-bond acceptors (Lipinski definition) is 2. The lowest BCUT2D eigenvalue weighted by molar-refractivity contribution is 0.0962. The van der Waals surface area contributed by atoms with Gasteiger partial charge in [-0.3, -0.25) is 4.79 Å². The molecule has 2 nitrogen and oxygen atoms in total. The molecule has 0 radical (unpaired) electrons. The minimum Gasteiger partial charge on any atom is -0.294 e. The van der Waals surface area contributed by atoms with E-state index >= 15 is 0 Å². The highest BCUT2D eigenvalue weighted by Gasteiger charge is 2.55. The Balaban J connectivity index is 1.87. The van der Waals surface area contributed by atoms with E-state index in [1.54, 1.807) is 18.2 Å². The molecule has 0 saturated heterocycles. The van der Waals surface area contributed by atoms with Crippen LogP contribution in [-0.4, -0.2) is 5.78 Å². The maximum atomic E-state index is 12.6. The van der Waals surface area contributed by atoms with E-state index in [-0.39, 0.29) is 23.5 Å². The number of nitriles is 1. The van der Waals surface area contributed by atoms with Crippen molar-refractivity contribution in [2.75, 3.05) is 0 Å². The van der Waals surface area contributed by atoms with Gasteiger partial charge in [0, 0.05) is 26.9 Å². The topological polar surface area (TPSA) is 40.9 Å². The Morgan fingerprint density at radius 3 is 2.52 bits per heavy atom. The van der Waals surface area contributed by atoms with Gasteiger partial charge in [-0.05, 0) is 29.8 Å². The second kappa shape index (κ2) is 5.63. The summed E-state index contributed by atoms with van der Waals surface area (Å²) in [5, 5.41) is 9.91. The first-order chi connectivity index (χ1) is 10.1. The van der Waals surface area contributed by atoms with Gasteiger partial charge in [-0.15, -0.1) is 0 Å². The molecule has 21 heavy (non-hydrogen) atoms. The molecule has 3 rings (SSSR count). The van der Waals surface area contributed by atoms with Crippen molar-refractivity contribution in [1.29, 1.82) is 5.26 Å². The molecule has 0 aromatic heterocycles. The first kappa shape index (κ1) is 14.3. The van der Waals surface area contributed by atoms with Gasteiger partial charge >= 0.3 is 0 Å². The van der Waals surface area contributed by atoms with E-state index in [0.717, 1.165) is 10.0 Å². The van der Waals surface area contributed by atoms with Crippen LogP contribution in [-0.2, 0) is 0 Å². The molecule has 3 unspecified atom stereocenters. The maximum Gasteiger partial charge on any atom is 0.167 e. The van der Waals surface area contributed by atoms with Gasteiger partial charge in [-0.1, -0.05) is 51.8 Å². The van der Waals surface area contributed by atoms with Crippen molar-refractivity contribution in [1.82, 2.24) is 0 Å². The van der Waals surface area contributed by atoms with Crippen LogP contribution in [0.4, 0.5) is 0 Å². The van der Waals surface area contributed by atoms with Crippen LogP contribution in [0.15, 0.2) is 53.0 Å². The van der Waals surface area contributed by atoms with Crippen LogP contribution in [0, 0.1) is 23.2 Å².